The van der Waals surface area contributed by atoms with Crippen molar-refractivity contribution in [2.75, 3.05) is 19.1 Å². The van der Waals surface area contributed by atoms with Gasteiger partial charge in [-0.3, -0.25) is 9.79 Å². The van der Waals surface area contributed by atoms with Crippen LogP contribution in [0, 0.1) is 0 Å². The predicted molar refractivity (Wildman–Crippen MR) is 142 cm³/mol. The Morgan fingerprint density at radius 2 is 1.39 bits per heavy atom. The Bertz CT molecular complexity index is 1530. The van der Waals surface area contributed by atoms with E-state index in [4.69, 9.17) is 9.73 Å². The number of anilines is 1. The molecule has 2 heterocycles. The molecule has 1 fully saturated rings. The highest BCUT2D eigenvalue weighted by Crippen LogP contribution is 2.69. The van der Waals surface area contributed by atoms with Gasteiger partial charge in [0.2, 0.25) is 0 Å². The molecule has 7 rings (SSSR count). The fourth-order valence-electron chi connectivity index (χ4n) is 7.25. The summed E-state index contributed by atoms with van der Waals surface area (Å²) in [5.41, 5.74) is 4.52. The predicted octanol–water partition coefficient (Wildman–Crippen LogP) is 6.27. The van der Waals surface area contributed by atoms with E-state index in [0.717, 1.165) is 39.3 Å². The fraction of sp³-hybridized carbons (Fsp3) is 0.188. The van der Waals surface area contributed by atoms with Gasteiger partial charge in [0.15, 0.2) is 16.9 Å². The number of hydrogen-bond donors (Lipinski definition) is 0. The highest BCUT2D eigenvalue weighted by Gasteiger charge is 2.78. The van der Waals surface area contributed by atoms with E-state index < -0.39 is 11.1 Å². The molecule has 1 saturated carbocycles. The summed E-state index contributed by atoms with van der Waals surface area (Å²) >= 11 is 0. The van der Waals surface area contributed by atoms with Crippen molar-refractivity contribution in [2.24, 2.45) is 4.99 Å². The molecule has 4 nitrogen and oxygen atoms in total. The van der Waals surface area contributed by atoms with Gasteiger partial charge in [-0.2, -0.15) is 0 Å². The number of hydrogen-bond acceptors (Lipinski definition) is 4. The van der Waals surface area contributed by atoms with E-state index in [-0.39, 0.29) is 17.6 Å². The van der Waals surface area contributed by atoms with Crippen molar-refractivity contribution in [3.05, 3.63) is 131 Å². The zero-order valence-corrected chi connectivity index (χ0v) is 20.3. The molecule has 0 radical (unpaired) electrons. The van der Waals surface area contributed by atoms with Gasteiger partial charge in [-0.1, -0.05) is 91.0 Å². The van der Waals surface area contributed by atoms with E-state index in [0.29, 0.717) is 0 Å². The largest absolute Gasteiger partial charge is 0.364 e. The zero-order chi connectivity index (χ0) is 24.5. The van der Waals surface area contributed by atoms with E-state index in [1.807, 2.05) is 61.6 Å². The molecule has 0 bridgehead atoms. The first-order chi connectivity index (χ1) is 17.7. The molecular weight excluding hydrogens is 444 g/mol. The van der Waals surface area contributed by atoms with Gasteiger partial charge in [-0.25, -0.2) is 0 Å². The number of ketones is 1. The van der Waals surface area contributed by atoms with Crippen LogP contribution in [-0.2, 0) is 10.3 Å². The quantitative estimate of drug-likeness (QED) is 0.355. The van der Waals surface area contributed by atoms with Crippen LogP contribution in [0.5, 0.6) is 0 Å². The van der Waals surface area contributed by atoms with Crippen LogP contribution in [0.4, 0.5) is 11.4 Å². The second-order valence-electron chi connectivity index (χ2n) is 9.85. The van der Waals surface area contributed by atoms with Gasteiger partial charge in [0.25, 0.3) is 0 Å². The summed E-state index contributed by atoms with van der Waals surface area (Å²) in [5.74, 6) is -0.293. The van der Waals surface area contributed by atoms with E-state index in [1.54, 1.807) is 7.11 Å². The number of ether oxygens (including phenoxy) is 1. The van der Waals surface area contributed by atoms with Gasteiger partial charge in [0.05, 0.1) is 11.4 Å². The first-order valence-corrected chi connectivity index (χ1v) is 12.4. The average Bonchev–Trinajstić information content (AvgIpc) is 3.49. The monoisotopic (exact) mass is 470 g/mol. The number of para-hydroxylation sites is 2. The molecule has 0 N–H and O–H groups in total. The number of aliphatic imine (C=N–C) groups is 1. The lowest BCUT2D eigenvalue weighted by Crippen LogP contribution is -2.65. The molecular formula is C32H26N2O2. The van der Waals surface area contributed by atoms with E-state index >= 15 is 0 Å². The summed E-state index contributed by atoms with van der Waals surface area (Å²) < 4.78 is 6.67. The average molecular weight is 471 g/mol. The molecule has 4 aromatic rings. The second-order valence-corrected chi connectivity index (χ2v) is 9.85. The standard InChI is InChI=1S/C32H26N2O2/c1-34-26-20-12-9-17-23(26)30(35)31(34)28(22-15-7-4-8-16-22)27(21-13-5-3-6-14-21)29-32(31,36-2)24-18-10-11-19-25(24)33-29/h3-20,27-28H,1-2H3/t27-,28-,31-,32+/m1/s1. The molecule has 2 aliphatic heterocycles. The number of nitrogens with zero attached hydrogens (tertiary/aromatic N) is 2. The van der Waals surface area contributed by atoms with E-state index in [9.17, 15) is 4.79 Å². The van der Waals surface area contributed by atoms with Gasteiger partial charge < -0.3 is 9.64 Å². The summed E-state index contributed by atoms with van der Waals surface area (Å²) in [4.78, 5) is 22.4. The van der Waals surface area contributed by atoms with Crippen molar-refractivity contribution in [2.45, 2.75) is 23.0 Å². The maximum Gasteiger partial charge on any atom is 0.194 e. The number of fused-ring (bicyclic) bond motifs is 5. The molecule has 4 aromatic carbocycles. The minimum Gasteiger partial charge on any atom is -0.364 e. The number of methoxy groups -OCH3 is 1. The molecule has 0 unspecified atom stereocenters. The molecule has 4 heteroatoms. The fourth-order valence-corrected chi connectivity index (χ4v) is 7.25. The Morgan fingerprint density at radius 3 is 2.08 bits per heavy atom. The summed E-state index contributed by atoms with van der Waals surface area (Å²) in [7, 11) is 3.78. The number of Topliss-reactive ketones (excluding diaryl/α,β-unsaturated/α-hetero) is 1. The normalized spacial score (nSPS) is 27.7. The maximum absolute atomic E-state index is 14.9. The Labute approximate surface area is 210 Å². The minimum atomic E-state index is -1.06. The Hall–Kier alpha value is -4.02. The van der Waals surface area contributed by atoms with Gasteiger partial charge in [-0.05, 0) is 29.3 Å². The van der Waals surface area contributed by atoms with Crippen molar-refractivity contribution in [1.29, 1.82) is 0 Å². The highest BCUT2D eigenvalue weighted by atomic mass is 16.5. The Balaban J connectivity index is 1.64. The summed E-state index contributed by atoms with van der Waals surface area (Å²) in [5, 5.41) is 0. The lowest BCUT2D eigenvalue weighted by atomic mass is 9.67. The van der Waals surface area contributed by atoms with Crippen LogP contribution in [0.15, 0.2) is 114 Å². The smallest absolute Gasteiger partial charge is 0.194 e. The summed E-state index contributed by atoms with van der Waals surface area (Å²) in [6.07, 6.45) is 0. The Morgan fingerprint density at radius 1 is 0.778 bits per heavy atom. The van der Waals surface area contributed by atoms with Crippen LogP contribution in [0.2, 0.25) is 0 Å². The third-order valence-corrected chi connectivity index (χ3v) is 8.51. The Kier molecular flexibility index (Phi) is 4.43. The second kappa shape index (κ2) is 7.49. The molecule has 176 valence electrons. The molecule has 0 saturated heterocycles. The number of carbonyl (C=O) groups excluding carboxylic acids is 1. The lowest BCUT2D eigenvalue weighted by Gasteiger charge is -2.48. The number of benzene rings is 4. The van der Waals surface area contributed by atoms with Crippen LogP contribution in [0.3, 0.4) is 0 Å². The van der Waals surface area contributed by atoms with E-state index in [2.05, 4.69) is 59.5 Å². The first-order valence-electron chi connectivity index (χ1n) is 12.4. The first kappa shape index (κ1) is 21.3. The van der Waals surface area contributed by atoms with Gasteiger partial charge >= 0.3 is 0 Å². The molecule has 0 aromatic heterocycles. The van der Waals surface area contributed by atoms with E-state index in [1.165, 1.54) is 0 Å². The summed E-state index contributed by atoms with van der Waals surface area (Å²) in [6, 6.07) is 36.9. The third kappa shape index (κ3) is 2.33. The van der Waals surface area contributed by atoms with Crippen molar-refractivity contribution in [1.82, 2.24) is 0 Å². The molecule has 1 aliphatic carbocycles. The van der Waals surface area contributed by atoms with Crippen LogP contribution >= 0.6 is 0 Å². The number of rotatable bonds is 3. The maximum atomic E-state index is 14.9. The topological polar surface area (TPSA) is 41.9 Å². The number of carbonyl (C=O) groups is 1. The molecule has 4 atom stereocenters. The highest BCUT2D eigenvalue weighted by molar-refractivity contribution is 6.24. The van der Waals surface area contributed by atoms with Crippen LogP contribution < -0.4 is 4.90 Å². The third-order valence-electron chi connectivity index (χ3n) is 8.51. The van der Waals surface area contributed by atoms with Gasteiger partial charge in [-0.15, -0.1) is 0 Å². The van der Waals surface area contributed by atoms with Gasteiger partial charge in [0.1, 0.15) is 0 Å². The summed E-state index contributed by atoms with van der Waals surface area (Å²) in [6.45, 7) is 0. The van der Waals surface area contributed by atoms with Crippen molar-refractivity contribution in [3.8, 4) is 0 Å². The van der Waals surface area contributed by atoms with Crippen LogP contribution in [0.25, 0.3) is 0 Å². The molecule has 1 spiro atoms. The van der Waals surface area contributed by atoms with Crippen molar-refractivity contribution < 1.29 is 9.53 Å². The lowest BCUT2D eigenvalue weighted by molar-refractivity contribution is -0.00547. The van der Waals surface area contributed by atoms with Crippen molar-refractivity contribution in [3.63, 3.8) is 0 Å². The molecule has 36 heavy (non-hydrogen) atoms. The number of likely N-dealkylation sites (N-methyl/N-ethyl adjacent to an activating group) is 1. The van der Waals surface area contributed by atoms with Crippen molar-refractivity contribution >= 4 is 22.9 Å². The SMILES string of the molecule is CO[C@]12C(=Nc3ccccc31)[C@H](c1ccccc1)[C@@H](c1ccccc1)[C@@]21C(=O)c2ccccc2N1C. The van der Waals surface area contributed by atoms with Crippen LogP contribution in [-0.4, -0.2) is 31.2 Å². The minimum absolute atomic E-state index is 0.0825. The molecule has 0 amide bonds. The van der Waals surface area contributed by atoms with Gasteiger partial charge in [0, 0.05) is 42.8 Å². The van der Waals surface area contributed by atoms with Crippen LogP contribution in [0.1, 0.15) is 38.9 Å². The molecule has 3 aliphatic rings. The zero-order valence-electron chi connectivity index (χ0n) is 20.3.